The van der Waals surface area contributed by atoms with Crippen LogP contribution in [0.3, 0.4) is 0 Å². The summed E-state index contributed by atoms with van der Waals surface area (Å²) in [6.07, 6.45) is 3.66. The van der Waals surface area contributed by atoms with E-state index in [0.717, 1.165) is 5.82 Å². The Morgan fingerprint density at radius 3 is 3.07 bits per heavy atom. The van der Waals surface area contributed by atoms with Gasteiger partial charge in [0, 0.05) is 12.7 Å². The molecule has 0 fully saturated rings. The fourth-order valence-corrected chi connectivity index (χ4v) is 0.935. The molecule has 0 amide bonds. The highest BCUT2D eigenvalue weighted by Gasteiger charge is 2.09. The van der Waals surface area contributed by atoms with Crippen LogP contribution in [0, 0.1) is 5.92 Å². The van der Waals surface area contributed by atoms with E-state index in [1.165, 1.54) is 6.33 Å². The van der Waals surface area contributed by atoms with Crippen LogP contribution < -0.4 is 5.32 Å². The fraction of sp³-hybridized carbons (Fsp3) is 0.444. The van der Waals surface area contributed by atoms with Crippen molar-refractivity contribution in [2.24, 2.45) is 5.92 Å². The van der Waals surface area contributed by atoms with Gasteiger partial charge >= 0.3 is 5.97 Å². The van der Waals surface area contributed by atoms with Gasteiger partial charge in [-0.25, -0.2) is 9.97 Å². The van der Waals surface area contributed by atoms with E-state index in [2.05, 4.69) is 15.3 Å². The van der Waals surface area contributed by atoms with Crippen LogP contribution in [0.2, 0.25) is 0 Å². The van der Waals surface area contributed by atoms with Gasteiger partial charge in [0.2, 0.25) is 0 Å². The number of carboxylic acid groups (broad SMARTS) is 1. The van der Waals surface area contributed by atoms with Gasteiger partial charge in [-0.3, -0.25) is 4.79 Å². The molecule has 1 heterocycles. The number of carboxylic acids is 1. The van der Waals surface area contributed by atoms with E-state index in [1.54, 1.807) is 19.2 Å². The van der Waals surface area contributed by atoms with Crippen LogP contribution in [-0.2, 0) is 4.79 Å². The zero-order valence-corrected chi connectivity index (χ0v) is 7.97. The number of nitrogens with one attached hydrogen (secondary N) is 1. The highest BCUT2D eigenvalue weighted by atomic mass is 16.4. The zero-order valence-electron chi connectivity index (χ0n) is 7.97. The zero-order chi connectivity index (χ0) is 10.4. The van der Waals surface area contributed by atoms with Crippen LogP contribution in [0.15, 0.2) is 18.6 Å². The first-order chi connectivity index (χ1) is 6.70. The summed E-state index contributed by atoms with van der Waals surface area (Å²) < 4.78 is 0. The van der Waals surface area contributed by atoms with Crippen molar-refractivity contribution >= 4 is 11.8 Å². The largest absolute Gasteiger partial charge is 0.481 e. The van der Waals surface area contributed by atoms with Crippen LogP contribution in [-0.4, -0.2) is 27.6 Å². The number of aromatic nitrogens is 2. The Hall–Kier alpha value is -1.65. The predicted octanol–water partition coefficient (Wildman–Crippen LogP) is 0.999. The lowest BCUT2D eigenvalue weighted by atomic mass is 10.1. The summed E-state index contributed by atoms with van der Waals surface area (Å²) in [6.45, 7) is 2.29. The molecule has 0 aliphatic carbocycles. The van der Waals surface area contributed by atoms with Crippen LogP contribution in [0.5, 0.6) is 0 Å². The summed E-state index contributed by atoms with van der Waals surface area (Å²) in [6, 6.07) is 1.74. The minimum atomic E-state index is -0.769. The highest BCUT2D eigenvalue weighted by Crippen LogP contribution is 2.03. The molecule has 0 aromatic carbocycles. The van der Waals surface area contributed by atoms with Crippen molar-refractivity contribution < 1.29 is 9.90 Å². The molecule has 76 valence electrons. The van der Waals surface area contributed by atoms with Crippen LogP contribution in [0.25, 0.3) is 0 Å². The smallest absolute Gasteiger partial charge is 0.306 e. The molecule has 2 N–H and O–H groups in total. The van der Waals surface area contributed by atoms with Crippen molar-refractivity contribution in [3.63, 3.8) is 0 Å². The maximum absolute atomic E-state index is 10.5. The van der Waals surface area contributed by atoms with Gasteiger partial charge in [-0.1, -0.05) is 6.92 Å². The van der Waals surface area contributed by atoms with Crippen molar-refractivity contribution in [3.8, 4) is 0 Å². The first kappa shape index (κ1) is 10.4. The molecule has 1 aromatic heterocycles. The molecule has 5 heteroatoms. The third kappa shape index (κ3) is 3.38. The Kier molecular flexibility index (Phi) is 3.84. The molecule has 0 radical (unpaired) electrons. The lowest BCUT2D eigenvalue weighted by Crippen LogP contribution is -2.14. The Balaban J connectivity index is 2.26. The van der Waals surface area contributed by atoms with Crippen LogP contribution >= 0.6 is 0 Å². The second-order valence-electron chi connectivity index (χ2n) is 3.05. The minimum absolute atomic E-state index is 0.329. The van der Waals surface area contributed by atoms with E-state index < -0.39 is 5.97 Å². The second-order valence-corrected chi connectivity index (χ2v) is 3.05. The van der Waals surface area contributed by atoms with E-state index >= 15 is 0 Å². The average molecular weight is 195 g/mol. The topological polar surface area (TPSA) is 75.1 Å². The summed E-state index contributed by atoms with van der Waals surface area (Å²) in [5, 5.41) is 11.6. The van der Waals surface area contributed by atoms with Crippen molar-refractivity contribution in [1.82, 2.24) is 9.97 Å². The number of hydrogen-bond donors (Lipinski definition) is 2. The van der Waals surface area contributed by atoms with Gasteiger partial charge in [-0.05, 0) is 12.5 Å². The standard InChI is InChI=1S/C9H13N3O2/c1-7(9(13)14)2-5-11-8-3-4-10-6-12-8/h3-4,6-7H,2,5H2,1H3,(H,13,14)(H,10,11,12). The molecule has 0 aliphatic rings. The van der Waals surface area contributed by atoms with E-state index in [9.17, 15) is 4.79 Å². The summed E-state index contributed by atoms with van der Waals surface area (Å²) in [4.78, 5) is 18.2. The van der Waals surface area contributed by atoms with Crippen LogP contribution in [0.1, 0.15) is 13.3 Å². The lowest BCUT2D eigenvalue weighted by Gasteiger charge is -2.07. The van der Waals surface area contributed by atoms with Crippen molar-refractivity contribution in [2.75, 3.05) is 11.9 Å². The number of rotatable bonds is 5. The molecule has 0 saturated heterocycles. The molecule has 0 bridgehead atoms. The van der Waals surface area contributed by atoms with Gasteiger partial charge in [0.1, 0.15) is 12.1 Å². The third-order valence-corrected chi connectivity index (χ3v) is 1.89. The van der Waals surface area contributed by atoms with E-state index in [1.807, 2.05) is 0 Å². The van der Waals surface area contributed by atoms with E-state index in [-0.39, 0.29) is 5.92 Å². The number of nitrogens with zero attached hydrogens (tertiary/aromatic N) is 2. The Bertz CT molecular complexity index is 289. The van der Waals surface area contributed by atoms with Crippen molar-refractivity contribution in [3.05, 3.63) is 18.6 Å². The third-order valence-electron chi connectivity index (χ3n) is 1.89. The van der Waals surface area contributed by atoms with E-state index in [0.29, 0.717) is 13.0 Å². The predicted molar refractivity (Wildman–Crippen MR) is 51.9 cm³/mol. The Morgan fingerprint density at radius 2 is 2.50 bits per heavy atom. The highest BCUT2D eigenvalue weighted by molar-refractivity contribution is 5.69. The first-order valence-electron chi connectivity index (χ1n) is 4.43. The lowest BCUT2D eigenvalue weighted by molar-refractivity contribution is -0.141. The molecule has 1 rings (SSSR count). The average Bonchev–Trinajstić information content (AvgIpc) is 2.19. The summed E-state index contributed by atoms with van der Waals surface area (Å²) >= 11 is 0. The number of hydrogen-bond acceptors (Lipinski definition) is 4. The second kappa shape index (κ2) is 5.16. The monoisotopic (exact) mass is 195 g/mol. The molecular formula is C9H13N3O2. The van der Waals surface area contributed by atoms with Crippen LogP contribution in [0.4, 0.5) is 5.82 Å². The molecule has 1 aromatic rings. The minimum Gasteiger partial charge on any atom is -0.481 e. The molecule has 0 aliphatic heterocycles. The molecule has 0 spiro atoms. The van der Waals surface area contributed by atoms with Gasteiger partial charge in [0.15, 0.2) is 0 Å². The quantitative estimate of drug-likeness (QED) is 0.733. The number of anilines is 1. The number of aliphatic carboxylic acids is 1. The maximum atomic E-state index is 10.5. The Labute approximate surface area is 82.2 Å². The fourth-order valence-electron chi connectivity index (χ4n) is 0.935. The number of carbonyl (C=O) groups is 1. The first-order valence-corrected chi connectivity index (χ1v) is 4.43. The molecule has 1 atom stereocenters. The van der Waals surface area contributed by atoms with Gasteiger partial charge in [0.25, 0.3) is 0 Å². The molecular weight excluding hydrogens is 182 g/mol. The molecule has 1 unspecified atom stereocenters. The SMILES string of the molecule is CC(CCNc1ccncn1)C(=O)O. The van der Waals surface area contributed by atoms with Gasteiger partial charge < -0.3 is 10.4 Å². The van der Waals surface area contributed by atoms with Crippen molar-refractivity contribution in [2.45, 2.75) is 13.3 Å². The maximum Gasteiger partial charge on any atom is 0.306 e. The van der Waals surface area contributed by atoms with Crippen molar-refractivity contribution in [1.29, 1.82) is 0 Å². The van der Waals surface area contributed by atoms with E-state index in [4.69, 9.17) is 5.11 Å². The molecule has 14 heavy (non-hydrogen) atoms. The summed E-state index contributed by atoms with van der Waals surface area (Å²) in [5.74, 6) is -0.378. The van der Waals surface area contributed by atoms with Gasteiger partial charge in [0.05, 0.1) is 5.92 Å². The molecule has 5 nitrogen and oxygen atoms in total. The Morgan fingerprint density at radius 1 is 1.71 bits per heavy atom. The normalized spacial score (nSPS) is 12.1. The van der Waals surface area contributed by atoms with Gasteiger partial charge in [-0.2, -0.15) is 0 Å². The van der Waals surface area contributed by atoms with Gasteiger partial charge in [-0.15, -0.1) is 0 Å². The summed E-state index contributed by atoms with van der Waals surface area (Å²) in [5.41, 5.74) is 0. The molecule has 0 saturated carbocycles. The summed E-state index contributed by atoms with van der Waals surface area (Å²) in [7, 11) is 0.